The lowest BCUT2D eigenvalue weighted by Crippen LogP contribution is -2.48. The first-order valence-corrected chi connectivity index (χ1v) is 7.04. The molecule has 1 heterocycles. The van der Waals surface area contributed by atoms with Gasteiger partial charge in [0.15, 0.2) is 0 Å². The van der Waals surface area contributed by atoms with Crippen molar-refractivity contribution in [2.24, 2.45) is 0 Å². The number of aliphatic carboxylic acids is 1. The summed E-state index contributed by atoms with van der Waals surface area (Å²) in [6, 6.07) is 6.30. The van der Waals surface area contributed by atoms with Crippen molar-refractivity contribution in [3.63, 3.8) is 0 Å². The number of carbonyl (C=O) groups is 2. The van der Waals surface area contributed by atoms with Gasteiger partial charge in [-0.05, 0) is 37.1 Å². The van der Waals surface area contributed by atoms with Crippen LogP contribution in [0.1, 0.15) is 19.3 Å². The van der Waals surface area contributed by atoms with Crippen molar-refractivity contribution >= 4 is 17.6 Å². The van der Waals surface area contributed by atoms with Crippen molar-refractivity contribution in [2.45, 2.75) is 19.3 Å². The molecular weight excluding hydrogens is 275 g/mol. The van der Waals surface area contributed by atoms with Crippen molar-refractivity contribution in [3.8, 4) is 0 Å². The zero-order valence-corrected chi connectivity index (χ0v) is 11.8. The zero-order chi connectivity index (χ0) is 15.2. The number of hydrogen-bond donors (Lipinski definition) is 0. The number of rotatable bonds is 5. The van der Waals surface area contributed by atoms with Gasteiger partial charge in [-0.1, -0.05) is 0 Å². The lowest BCUT2D eigenvalue weighted by atomic mass is 10.2. The highest BCUT2D eigenvalue weighted by Crippen LogP contribution is 2.17. The molecule has 0 N–H and O–H groups in total. The predicted molar refractivity (Wildman–Crippen MR) is 74.1 cm³/mol. The number of carboxylic acid groups (broad SMARTS) is 1. The van der Waals surface area contributed by atoms with Crippen LogP contribution in [0.15, 0.2) is 24.3 Å². The normalized spacial score (nSPS) is 15.1. The van der Waals surface area contributed by atoms with E-state index in [1.54, 1.807) is 17.0 Å². The molecule has 0 atom stereocenters. The summed E-state index contributed by atoms with van der Waals surface area (Å²) < 4.78 is 12.9. The van der Waals surface area contributed by atoms with Gasteiger partial charge in [-0.2, -0.15) is 0 Å². The Bertz CT molecular complexity index is 496. The minimum atomic E-state index is -1.12. The minimum Gasteiger partial charge on any atom is -0.550 e. The minimum absolute atomic E-state index is 0.0185. The Morgan fingerprint density at radius 1 is 1.05 bits per heavy atom. The van der Waals surface area contributed by atoms with Gasteiger partial charge in [-0.25, -0.2) is 4.39 Å². The number of benzene rings is 1. The number of carboxylic acids is 1. The van der Waals surface area contributed by atoms with Crippen molar-refractivity contribution in [3.05, 3.63) is 30.1 Å². The van der Waals surface area contributed by atoms with Gasteiger partial charge < -0.3 is 19.7 Å². The van der Waals surface area contributed by atoms with Crippen LogP contribution in [0.2, 0.25) is 0 Å². The fourth-order valence-corrected chi connectivity index (χ4v) is 2.41. The maximum Gasteiger partial charge on any atom is 0.222 e. The zero-order valence-electron chi connectivity index (χ0n) is 11.8. The molecule has 1 amide bonds. The van der Waals surface area contributed by atoms with Crippen LogP contribution in [0.4, 0.5) is 10.1 Å². The van der Waals surface area contributed by atoms with E-state index in [0.29, 0.717) is 32.6 Å². The summed E-state index contributed by atoms with van der Waals surface area (Å²) in [5.41, 5.74) is 0.945. The topological polar surface area (TPSA) is 63.7 Å². The van der Waals surface area contributed by atoms with Gasteiger partial charge in [0.05, 0.1) is 0 Å². The maximum absolute atomic E-state index is 12.9. The molecule has 1 aromatic carbocycles. The van der Waals surface area contributed by atoms with Gasteiger partial charge in [0.25, 0.3) is 0 Å². The van der Waals surface area contributed by atoms with Crippen molar-refractivity contribution in [1.82, 2.24) is 4.90 Å². The molecule has 0 radical (unpaired) electrons. The number of halogens is 1. The number of nitrogens with zero attached hydrogens (tertiary/aromatic N) is 2. The van der Waals surface area contributed by atoms with Gasteiger partial charge in [-0.3, -0.25) is 4.79 Å². The van der Waals surface area contributed by atoms with E-state index in [9.17, 15) is 19.1 Å². The monoisotopic (exact) mass is 293 g/mol. The molecule has 0 unspecified atom stereocenters. The second kappa shape index (κ2) is 7.06. The molecule has 0 bridgehead atoms. The second-order valence-corrected chi connectivity index (χ2v) is 5.07. The largest absolute Gasteiger partial charge is 0.550 e. The molecule has 0 saturated carbocycles. The van der Waals surface area contributed by atoms with Crippen LogP contribution >= 0.6 is 0 Å². The van der Waals surface area contributed by atoms with Crippen LogP contribution in [0.5, 0.6) is 0 Å². The van der Waals surface area contributed by atoms with E-state index in [1.165, 1.54) is 12.1 Å². The van der Waals surface area contributed by atoms with E-state index in [2.05, 4.69) is 4.90 Å². The summed E-state index contributed by atoms with van der Waals surface area (Å²) in [6.45, 7) is 2.58. The lowest BCUT2D eigenvalue weighted by molar-refractivity contribution is -0.305. The molecule has 0 aliphatic carbocycles. The highest BCUT2D eigenvalue weighted by molar-refractivity contribution is 5.77. The fraction of sp³-hybridized carbons (Fsp3) is 0.467. The van der Waals surface area contributed by atoms with E-state index in [-0.39, 0.29) is 24.6 Å². The average molecular weight is 293 g/mol. The fourth-order valence-electron chi connectivity index (χ4n) is 2.41. The molecule has 1 aliphatic heterocycles. The first-order chi connectivity index (χ1) is 10.1. The van der Waals surface area contributed by atoms with Crippen molar-refractivity contribution < 1.29 is 19.1 Å². The predicted octanol–water partition coefficient (Wildman–Crippen LogP) is 0.394. The Labute approximate surface area is 123 Å². The summed E-state index contributed by atoms with van der Waals surface area (Å²) in [4.78, 5) is 26.1. The van der Waals surface area contributed by atoms with Crippen LogP contribution in [-0.4, -0.2) is 43.0 Å². The van der Waals surface area contributed by atoms with Crippen LogP contribution in [0.3, 0.4) is 0 Å². The molecule has 21 heavy (non-hydrogen) atoms. The van der Waals surface area contributed by atoms with Gasteiger partial charge >= 0.3 is 0 Å². The van der Waals surface area contributed by atoms with E-state index < -0.39 is 5.97 Å². The Kier molecular flexibility index (Phi) is 5.14. The summed E-state index contributed by atoms with van der Waals surface area (Å²) in [6.07, 6.45) is 0.477. The van der Waals surface area contributed by atoms with E-state index in [0.717, 1.165) is 5.69 Å². The second-order valence-electron chi connectivity index (χ2n) is 5.07. The van der Waals surface area contributed by atoms with E-state index in [4.69, 9.17) is 0 Å². The van der Waals surface area contributed by atoms with E-state index >= 15 is 0 Å². The standard InChI is InChI=1S/C15H19FN2O3/c16-12-4-6-13(7-5-12)17-8-10-18(11-9-17)14(19)2-1-3-15(20)21/h4-7H,1-3,8-11H2,(H,20,21)/p-1. The van der Waals surface area contributed by atoms with Crippen LogP contribution in [-0.2, 0) is 9.59 Å². The smallest absolute Gasteiger partial charge is 0.222 e. The Morgan fingerprint density at radius 3 is 2.24 bits per heavy atom. The molecule has 6 heteroatoms. The van der Waals surface area contributed by atoms with Gasteiger partial charge in [0, 0.05) is 44.3 Å². The SMILES string of the molecule is O=C([O-])CCCC(=O)N1CCN(c2ccc(F)cc2)CC1. The first-order valence-electron chi connectivity index (χ1n) is 7.04. The molecular formula is C15H18FN2O3-. The molecule has 1 aromatic rings. The highest BCUT2D eigenvalue weighted by atomic mass is 19.1. The summed E-state index contributed by atoms with van der Waals surface area (Å²) in [5.74, 6) is -1.40. The first kappa shape index (κ1) is 15.3. The number of amides is 1. The molecule has 114 valence electrons. The third-order valence-electron chi connectivity index (χ3n) is 3.60. The Hall–Kier alpha value is -2.11. The molecule has 1 fully saturated rings. The van der Waals surface area contributed by atoms with E-state index in [1.807, 2.05) is 0 Å². The molecule has 1 aliphatic rings. The van der Waals surface area contributed by atoms with Crippen LogP contribution in [0.25, 0.3) is 0 Å². The number of carbonyl (C=O) groups excluding carboxylic acids is 2. The van der Waals surface area contributed by atoms with Gasteiger partial charge in [0.1, 0.15) is 5.82 Å². The van der Waals surface area contributed by atoms with Crippen LogP contribution < -0.4 is 10.0 Å². The third-order valence-corrected chi connectivity index (χ3v) is 3.60. The number of anilines is 1. The summed E-state index contributed by atoms with van der Waals surface area (Å²) >= 11 is 0. The number of hydrogen-bond acceptors (Lipinski definition) is 4. The lowest BCUT2D eigenvalue weighted by Gasteiger charge is -2.36. The van der Waals surface area contributed by atoms with Crippen molar-refractivity contribution in [2.75, 3.05) is 31.1 Å². The van der Waals surface area contributed by atoms with Crippen LogP contribution in [0, 0.1) is 5.82 Å². The number of piperazine rings is 1. The van der Waals surface area contributed by atoms with Gasteiger partial charge in [-0.15, -0.1) is 0 Å². The molecule has 0 aromatic heterocycles. The van der Waals surface area contributed by atoms with Gasteiger partial charge in [0.2, 0.25) is 5.91 Å². The maximum atomic E-state index is 12.9. The molecule has 1 saturated heterocycles. The summed E-state index contributed by atoms with van der Waals surface area (Å²) in [5, 5.41) is 10.3. The highest BCUT2D eigenvalue weighted by Gasteiger charge is 2.20. The summed E-state index contributed by atoms with van der Waals surface area (Å²) in [7, 11) is 0. The molecule has 2 rings (SSSR count). The Morgan fingerprint density at radius 2 is 1.67 bits per heavy atom. The van der Waals surface area contributed by atoms with Crippen molar-refractivity contribution in [1.29, 1.82) is 0 Å². The molecule has 0 spiro atoms. The quantitative estimate of drug-likeness (QED) is 0.788. The Balaban J connectivity index is 1.78. The molecule has 5 nitrogen and oxygen atoms in total. The average Bonchev–Trinajstić information content (AvgIpc) is 2.48. The third kappa shape index (κ3) is 4.44.